The van der Waals surface area contributed by atoms with Crippen molar-refractivity contribution >= 4 is 43.9 Å². The summed E-state index contributed by atoms with van der Waals surface area (Å²) >= 11 is 0. The van der Waals surface area contributed by atoms with Crippen molar-refractivity contribution in [2.75, 3.05) is 0 Å². The standard InChI is InChI=1S/C60H38N2O2/c1-60(42-16-6-3-7-17-42)51-21-11-8-18-44(51)45-29-25-41(35-52(45)60)53-36-54(62-59(61-53)37-14-4-2-5-15-37)48-32-38(39-26-30-57-49(33-39)46-19-9-12-22-55(46)63-57)24-28-43(48)40-27-31-58-50(34-40)47-20-10-13-23-56(47)64-58/h2-36H,1H3. The van der Waals surface area contributed by atoms with Crippen LogP contribution in [0, 0.1) is 0 Å². The third-order valence-electron chi connectivity index (χ3n) is 13.4. The monoisotopic (exact) mass is 818 g/mol. The summed E-state index contributed by atoms with van der Waals surface area (Å²) in [5, 5.41) is 4.36. The van der Waals surface area contributed by atoms with Gasteiger partial charge >= 0.3 is 0 Å². The molecule has 0 spiro atoms. The maximum Gasteiger partial charge on any atom is 0.160 e. The fourth-order valence-electron chi connectivity index (χ4n) is 10.2. The van der Waals surface area contributed by atoms with Crippen LogP contribution in [0.25, 0.3) is 111 Å². The minimum atomic E-state index is -0.347. The quantitative estimate of drug-likeness (QED) is 0.168. The van der Waals surface area contributed by atoms with Gasteiger partial charge in [0.2, 0.25) is 0 Å². The van der Waals surface area contributed by atoms with Crippen molar-refractivity contribution in [2.45, 2.75) is 12.3 Å². The van der Waals surface area contributed by atoms with Crippen LogP contribution in [0.3, 0.4) is 0 Å². The normalized spacial score (nSPS) is 14.4. The Balaban J connectivity index is 1.04. The van der Waals surface area contributed by atoms with E-state index in [4.69, 9.17) is 18.8 Å². The zero-order valence-electron chi connectivity index (χ0n) is 34.9. The van der Waals surface area contributed by atoms with Crippen LogP contribution in [0.2, 0.25) is 0 Å². The summed E-state index contributed by atoms with van der Waals surface area (Å²) in [5.41, 5.74) is 18.5. The molecule has 0 fully saturated rings. The Hall–Kier alpha value is -8.34. The molecule has 0 saturated heterocycles. The van der Waals surface area contributed by atoms with Crippen molar-refractivity contribution in [2.24, 2.45) is 0 Å². The first-order valence-corrected chi connectivity index (χ1v) is 21.8. The van der Waals surface area contributed by atoms with Gasteiger partial charge in [-0.1, -0.05) is 158 Å². The van der Waals surface area contributed by atoms with Gasteiger partial charge in [0, 0.05) is 43.7 Å². The highest BCUT2D eigenvalue weighted by Crippen LogP contribution is 2.53. The van der Waals surface area contributed by atoms with E-state index in [1.165, 1.54) is 27.8 Å². The highest BCUT2D eigenvalue weighted by atomic mass is 16.3. The van der Waals surface area contributed by atoms with E-state index >= 15 is 0 Å². The molecule has 1 aliphatic rings. The van der Waals surface area contributed by atoms with E-state index in [0.29, 0.717) is 5.82 Å². The van der Waals surface area contributed by atoms with E-state index in [9.17, 15) is 0 Å². The summed E-state index contributed by atoms with van der Waals surface area (Å²) in [4.78, 5) is 10.8. The minimum absolute atomic E-state index is 0.347. The van der Waals surface area contributed by atoms with Crippen LogP contribution in [0.1, 0.15) is 23.6 Å². The van der Waals surface area contributed by atoms with Crippen LogP contribution in [0.4, 0.5) is 0 Å². The predicted molar refractivity (Wildman–Crippen MR) is 261 cm³/mol. The van der Waals surface area contributed by atoms with Crippen molar-refractivity contribution in [1.29, 1.82) is 0 Å². The van der Waals surface area contributed by atoms with Crippen molar-refractivity contribution in [3.8, 4) is 67.3 Å². The fourth-order valence-corrected chi connectivity index (χ4v) is 10.2. The van der Waals surface area contributed by atoms with E-state index in [-0.39, 0.29) is 5.41 Å². The van der Waals surface area contributed by atoms with E-state index in [2.05, 4.69) is 189 Å². The lowest BCUT2D eigenvalue weighted by atomic mass is 9.74. The third-order valence-corrected chi connectivity index (χ3v) is 13.4. The van der Waals surface area contributed by atoms with Gasteiger partial charge in [0.05, 0.1) is 11.4 Å². The minimum Gasteiger partial charge on any atom is -0.456 e. The lowest BCUT2D eigenvalue weighted by Crippen LogP contribution is -2.22. The van der Waals surface area contributed by atoms with Gasteiger partial charge in [-0.2, -0.15) is 0 Å². The van der Waals surface area contributed by atoms with Gasteiger partial charge in [-0.15, -0.1) is 0 Å². The molecule has 1 atom stereocenters. The number of aromatic nitrogens is 2. The molecule has 0 aliphatic heterocycles. The molecule has 64 heavy (non-hydrogen) atoms. The van der Waals surface area contributed by atoms with Crippen LogP contribution >= 0.6 is 0 Å². The van der Waals surface area contributed by atoms with E-state index in [0.717, 1.165) is 94.2 Å². The second-order valence-corrected chi connectivity index (χ2v) is 17.0. The summed E-state index contributed by atoms with van der Waals surface area (Å²) in [6.07, 6.45) is 0. The number of hydrogen-bond donors (Lipinski definition) is 0. The number of rotatable bonds is 6. The smallest absolute Gasteiger partial charge is 0.160 e. The van der Waals surface area contributed by atoms with Gasteiger partial charge in [-0.25, -0.2) is 9.97 Å². The summed E-state index contributed by atoms with van der Waals surface area (Å²) in [6.45, 7) is 2.36. The Morgan fingerprint density at radius 3 is 1.61 bits per heavy atom. The molecule has 3 aromatic heterocycles. The van der Waals surface area contributed by atoms with Crippen molar-refractivity contribution in [3.05, 3.63) is 229 Å². The first kappa shape index (κ1) is 36.3. The number of benzene rings is 9. The Morgan fingerprint density at radius 1 is 0.328 bits per heavy atom. The average molecular weight is 819 g/mol. The maximum atomic E-state index is 6.29. The molecule has 0 saturated carbocycles. The molecule has 0 bridgehead atoms. The molecule has 12 aromatic rings. The lowest BCUT2D eigenvalue weighted by molar-refractivity contribution is 0.668. The number of nitrogens with zero attached hydrogens (tertiary/aromatic N) is 2. The lowest BCUT2D eigenvalue weighted by Gasteiger charge is -2.28. The van der Waals surface area contributed by atoms with Crippen molar-refractivity contribution in [3.63, 3.8) is 0 Å². The first-order chi connectivity index (χ1) is 31.6. The molecule has 300 valence electrons. The van der Waals surface area contributed by atoms with Crippen LogP contribution in [0.5, 0.6) is 0 Å². The van der Waals surface area contributed by atoms with Crippen LogP contribution in [0.15, 0.2) is 221 Å². The summed E-state index contributed by atoms with van der Waals surface area (Å²) in [6, 6.07) is 75.3. The first-order valence-electron chi connectivity index (χ1n) is 21.8. The second kappa shape index (κ2) is 14.1. The zero-order valence-corrected chi connectivity index (χ0v) is 34.9. The summed E-state index contributed by atoms with van der Waals surface area (Å²) in [7, 11) is 0. The average Bonchev–Trinajstić information content (AvgIpc) is 4.01. The number of para-hydroxylation sites is 2. The van der Waals surface area contributed by atoms with E-state index < -0.39 is 0 Å². The van der Waals surface area contributed by atoms with Gasteiger partial charge in [0.15, 0.2) is 5.82 Å². The van der Waals surface area contributed by atoms with Gasteiger partial charge < -0.3 is 8.83 Å². The SMILES string of the molecule is CC1(c2ccccc2)c2ccccc2-c2ccc(-c3cc(-c4cc(-c5ccc6oc7ccccc7c6c5)ccc4-c4ccc5oc6ccccc6c5c4)nc(-c4ccccc4)n3)cc21. The van der Waals surface area contributed by atoms with Gasteiger partial charge in [0.1, 0.15) is 22.3 Å². The van der Waals surface area contributed by atoms with Crippen molar-refractivity contribution < 1.29 is 8.83 Å². The zero-order chi connectivity index (χ0) is 42.4. The summed E-state index contributed by atoms with van der Waals surface area (Å²) in [5.74, 6) is 0.668. The van der Waals surface area contributed by atoms with Gasteiger partial charge in [-0.3, -0.25) is 0 Å². The Kier molecular flexibility index (Phi) is 8.00. The summed E-state index contributed by atoms with van der Waals surface area (Å²) < 4.78 is 12.5. The van der Waals surface area contributed by atoms with Gasteiger partial charge in [-0.05, 0) is 112 Å². The Bertz CT molecular complexity index is 3810. The third kappa shape index (κ3) is 5.62. The molecule has 0 radical (unpaired) electrons. The van der Waals surface area contributed by atoms with E-state index in [1.54, 1.807) is 0 Å². The molecule has 1 aliphatic carbocycles. The molecule has 0 N–H and O–H groups in total. The molecule has 13 rings (SSSR count). The van der Waals surface area contributed by atoms with Crippen LogP contribution in [-0.2, 0) is 5.41 Å². The molecule has 3 heterocycles. The van der Waals surface area contributed by atoms with Crippen LogP contribution in [-0.4, -0.2) is 9.97 Å². The Labute approximate surface area is 369 Å². The topological polar surface area (TPSA) is 52.1 Å². The number of hydrogen-bond acceptors (Lipinski definition) is 4. The van der Waals surface area contributed by atoms with Gasteiger partial charge in [0.25, 0.3) is 0 Å². The molecule has 4 nitrogen and oxygen atoms in total. The second-order valence-electron chi connectivity index (χ2n) is 17.0. The fraction of sp³-hybridized carbons (Fsp3) is 0.0333. The van der Waals surface area contributed by atoms with E-state index in [1.807, 2.05) is 30.3 Å². The molecular weight excluding hydrogens is 781 g/mol. The molecule has 9 aromatic carbocycles. The highest BCUT2D eigenvalue weighted by molar-refractivity contribution is 6.08. The number of furan rings is 2. The molecule has 1 unspecified atom stereocenters. The number of fused-ring (bicyclic) bond motifs is 9. The van der Waals surface area contributed by atoms with Crippen molar-refractivity contribution in [1.82, 2.24) is 9.97 Å². The predicted octanol–water partition coefficient (Wildman–Crippen LogP) is 15.9. The largest absolute Gasteiger partial charge is 0.456 e. The molecular formula is C60H38N2O2. The van der Waals surface area contributed by atoms with Crippen LogP contribution < -0.4 is 0 Å². The Morgan fingerprint density at radius 2 is 0.859 bits per heavy atom. The molecule has 4 heteroatoms. The maximum absolute atomic E-state index is 6.29. The molecule has 0 amide bonds. The highest BCUT2D eigenvalue weighted by Gasteiger charge is 2.40.